The van der Waals surface area contributed by atoms with Gasteiger partial charge < -0.3 is 10.8 Å². The van der Waals surface area contributed by atoms with Gasteiger partial charge in [0.1, 0.15) is 0 Å². The molecule has 1 rings (SSSR count). The molecule has 1 aromatic carbocycles. The molecule has 0 bridgehead atoms. The van der Waals surface area contributed by atoms with Gasteiger partial charge in [-0.25, -0.2) is 0 Å². The average molecular weight is 247 g/mol. The van der Waals surface area contributed by atoms with Gasteiger partial charge in [-0.2, -0.15) is 13.2 Å². The molecule has 0 amide bonds. The van der Waals surface area contributed by atoms with Crippen molar-refractivity contribution in [3.05, 3.63) is 34.9 Å². The fourth-order valence-corrected chi connectivity index (χ4v) is 1.63. The van der Waals surface area contributed by atoms with Crippen LogP contribution in [-0.4, -0.2) is 11.7 Å². The van der Waals surface area contributed by atoms with Gasteiger partial charge in [0.2, 0.25) is 0 Å². The zero-order valence-corrected chi connectivity index (χ0v) is 9.43. The second-order valence-corrected chi connectivity index (χ2v) is 3.92. The highest BCUT2D eigenvalue weighted by atomic mass is 19.4. The minimum absolute atomic E-state index is 0.0582. The number of halogens is 3. The maximum atomic E-state index is 12.6. The van der Waals surface area contributed by atoms with Crippen LogP contribution >= 0.6 is 0 Å². The molecule has 3 N–H and O–H groups in total. The Morgan fingerprint density at radius 1 is 1.06 bits per heavy atom. The van der Waals surface area contributed by atoms with E-state index in [1.165, 1.54) is 0 Å². The fraction of sp³-hybridized carbons (Fsp3) is 0.500. The van der Waals surface area contributed by atoms with E-state index < -0.39 is 11.7 Å². The number of benzene rings is 1. The van der Waals surface area contributed by atoms with E-state index in [2.05, 4.69) is 0 Å². The largest absolute Gasteiger partial charge is 0.416 e. The molecule has 0 aliphatic heterocycles. The summed E-state index contributed by atoms with van der Waals surface area (Å²) in [7, 11) is 0. The van der Waals surface area contributed by atoms with Gasteiger partial charge in [0, 0.05) is 13.2 Å². The lowest BCUT2D eigenvalue weighted by Crippen LogP contribution is -2.08. The Morgan fingerprint density at radius 3 is 2.24 bits per heavy atom. The van der Waals surface area contributed by atoms with E-state index in [9.17, 15) is 13.2 Å². The first-order valence-corrected chi connectivity index (χ1v) is 5.48. The molecule has 0 fully saturated rings. The summed E-state index contributed by atoms with van der Waals surface area (Å²) in [6.07, 6.45) is -2.55. The molecule has 0 aromatic heterocycles. The van der Waals surface area contributed by atoms with Crippen molar-refractivity contribution in [1.82, 2.24) is 0 Å². The monoisotopic (exact) mass is 247 g/mol. The van der Waals surface area contributed by atoms with Crippen LogP contribution in [0.4, 0.5) is 13.2 Å². The van der Waals surface area contributed by atoms with Gasteiger partial charge in [0.15, 0.2) is 0 Å². The van der Waals surface area contributed by atoms with Crippen molar-refractivity contribution in [2.45, 2.75) is 32.0 Å². The molecule has 1 aromatic rings. The second kappa shape index (κ2) is 6.02. The smallest absolute Gasteiger partial charge is 0.396 e. The lowest BCUT2D eigenvalue weighted by Gasteiger charge is -2.11. The summed E-state index contributed by atoms with van der Waals surface area (Å²) < 4.78 is 37.8. The maximum Gasteiger partial charge on any atom is 0.416 e. The van der Waals surface area contributed by atoms with E-state index in [0.717, 1.165) is 12.1 Å². The Bertz CT molecular complexity index is 363. The molecule has 0 saturated carbocycles. The summed E-state index contributed by atoms with van der Waals surface area (Å²) >= 11 is 0. The zero-order chi connectivity index (χ0) is 12.9. The first-order valence-electron chi connectivity index (χ1n) is 5.48. The summed E-state index contributed by atoms with van der Waals surface area (Å²) in [6.45, 7) is 0.152. The Morgan fingerprint density at radius 2 is 1.71 bits per heavy atom. The van der Waals surface area contributed by atoms with Crippen molar-refractivity contribution in [3.8, 4) is 0 Å². The molecule has 0 saturated heterocycles. The van der Waals surface area contributed by atoms with E-state index >= 15 is 0 Å². The molecule has 96 valence electrons. The van der Waals surface area contributed by atoms with Gasteiger partial charge >= 0.3 is 6.18 Å². The molecule has 0 aliphatic rings. The van der Waals surface area contributed by atoms with Crippen LogP contribution in [-0.2, 0) is 19.1 Å². The minimum atomic E-state index is -4.34. The molecule has 2 nitrogen and oxygen atoms in total. The van der Waals surface area contributed by atoms with Crippen LogP contribution in [0.25, 0.3) is 0 Å². The van der Waals surface area contributed by atoms with Crippen molar-refractivity contribution in [3.63, 3.8) is 0 Å². The molecule has 0 aliphatic carbocycles. The Hall–Kier alpha value is -1.07. The van der Waals surface area contributed by atoms with Gasteiger partial charge in [0.05, 0.1) is 5.56 Å². The van der Waals surface area contributed by atoms with Crippen LogP contribution in [0.1, 0.15) is 29.5 Å². The van der Waals surface area contributed by atoms with E-state index in [0.29, 0.717) is 30.4 Å². The van der Waals surface area contributed by atoms with E-state index in [-0.39, 0.29) is 13.2 Å². The predicted octanol–water partition coefficient (Wildman–Crippen LogP) is 2.48. The summed E-state index contributed by atoms with van der Waals surface area (Å²) in [4.78, 5) is 0. The quantitative estimate of drug-likeness (QED) is 0.785. The summed E-state index contributed by atoms with van der Waals surface area (Å²) in [6, 6.07) is 3.92. The number of aryl methyl sites for hydroxylation is 1. The summed E-state index contributed by atoms with van der Waals surface area (Å²) in [5.74, 6) is 0. The molecule has 0 heterocycles. The Kier molecular flexibility index (Phi) is 4.96. The van der Waals surface area contributed by atoms with Crippen LogP contribution in [0.2, 0.25) is 0 Å². The lowest BCUT2D eigenvalue weighted by molar-refractivity contribution is -0.137. The second-order valence-electron chi connectivity index (χ2n) is 3.92. The van der Waals surface area contributed by atoms with Gasteiger partial charge in [-0.1, -0.05) is 6.07 Å². The number of aliphatic hydroxyl groups excluding tert-OH is 1. The van der Waals surface area contributed by atoms with Gasteiger partial charge in [-0.15, -0.1) is 0 Å². The molecule has 0 unspecified atom stereocenters. The molecular weight excluding hydrogens is 231 g/mol. The van der Waals surface area contributed by atoms with Crippen molar-refractivity contribution >= 4 is 0 Å². The average Bonchev–Trinajstić information content (AvgIpc) is 2.28. The highest BCUT2D eigenvalue weighted by molar-refractivity contribution is 5.32. The molecular formula is C12H16F3NO. The van der Waals surface area contributed by atoms with Crippen LogP contribution in [0.5, 0.6) is 0 Å². The highest BCUT2D eigenvalue weighted by Gasteiger charge is 2.30. The number of hydrogen-bond donors (Lipinski definition) is 2. The molecule has 17 heavy (non-hydrogen) atoms. The number of unbranched alkanes of at least 4 members (excludes halogenated alkanes) is 1. The van der Waals surface area contributed by atoms with Crippen LogP contribution < -0.4 is 5.73 Å². The zero-order valence-electron chi connectivity index (χ0n) is 9.43. The topological polar surface area (TPSA) is 46.2 Å². The third kappa shape index (κ3) is 4.36. The van der Waals surface area contributed by atoms with Gasteiger partial charge in [0.25, 0.3) is 0 Å². The lowest BCUT2D eigenvalue weighted by atomic mass is 10.0. The number of nitrogens with two attached hydrogens (primary N) is 1. The molecule has 0 radical (unpaired) electrons. The van der Waals surface area contributed by atoms with Gasteiger partial charge in [-0.3, -0.25) is 0 Å². The van der Waals surface area contributed by atoms with Crippen LogP contribution in [0.3, 0.4) is 0 Å². The van der Waals surface area contributed by atoms with E-state index in [1.807, 2.05) is 0 Å². The van der Waals surface area contributed by atoms with Crippen LogP contribution in [0, 0.1) is 0 Å². The van der Waals surface area contributed by atoms with Crippen molar-refractivity contribution in [2.75, 3.05) is 6.61 Å². The SMILES string of the molecule is NCc1cc(CCCCO)cc(C(F)(F)F)c1. The summed E-state index contributed by atoms with van der Waals surface area (Å²) in [5, 5.41) is 8.63. The standard InChI is InChI=1S/C12H16F3NO/c13-12(14,15)11-6-9(3-1-2-4-17)5-10(7-11)8-16/h5-7,17H,1-4,8,16H2. The third-order valence-corrected chi connectivity index (χ3v) is 2.49. The molecule has 0 atom stereocenters. The first kappa shape index (κ1) is 14.0. The van der Waals surface area contributed by atoms with E-state index in [1.54, 1.807) is 6.07 Å². The highest BCUT2D eigenvalue weighted by Crippen LogP contribution is 2.31. The normalized spacial score (nSPS) is 11.8. The van der Waals surface area contributed by atoms with Crippen molar-refractivity contribution in [1.29, 1.82) is 0 Å². The molecule has 5 heteroatoms. The number of alkyl halides is 3. The van der Waals surface area contributed by atoms with E-state index in [4.69, 9.17) is 10.8 Å². The maximum absolute atomic E-state index is 12.6. The van der Waals surface area contributed by atoms with Gasteiger partial charge in [-0.05, 0) is 42.5 Å². The Labute approximate surface area is 98.3 Å². The number of hydrogen-bond acceptors (Lipinski definition) is 2. The van der Waals surface area contributed by atoms with Crippen molar-refractivity contribution in [2.24, 2.45) is 5.73 Å². The Balaban J connectivity index is 2.89. The number of aliphatic hydroxyl groups is 1. The van der Waals surface area contributed by atoms with Crippen molar-refractivity contribution < 1.29 is 18.3 Å². The first-order chi connectivity index (χ1) is 7.97. The third-order valence-electron chi connectivity index (χ3n) is 2.49. The summed E-state index contributed by atoms with van der Waals surface area (Å²) in [5.41, 5.74) is 5.83. The molecule has 0 spiro atoms. The fourth-order valence-electron chi connectivity index (χ4n) is 1.63. The number of rotatable bonds is 5. The predicted molar refractivity (Wildman–Crippen MR) is 59.4 cm³/mol. The minimum Gasteiger partial charge on any atom is -0.396 e. The van der Waals surface area contributed by atoms with Crippen LogP contribution in [0.15, 0.2) is 18.2 Å².